The molecule has 0 fully saturated rings. The summed E-state index contributed by atoms with van der Waals surface area (Å²) < 4.78 is 15.9. The van der Waals surface area contributed by atoms with Crippen molar-refractivity contribution in [2.45, 2.75) is 45.1 Å². The smallest absolute Gasteiger partial charge is 0.226 e. The molecule has 0 radical (unpaired) electrons. The van der Waals surface area contributed by atoms with Gasteiger partial charge in [-0.2, -0.15) is 4.98 Å². The van der Waals surface area contributed by atoms with Crippen LogP contribution in [0.1, 0.15) is 39.0 Å². The zero-order chi connectivity index (χ0) is 21.1. The van der Waals surface area contributed by atoms with Crippen molar-refractivity contribution in [3.63, 3.8) is 0 Å². The van der Waals surface area contributed by atoms with Gasteiger partial charge in [0.25, 0.3) is 0 Å². The topological polar surface area (TPSA) is 93.8 Å². The van der Waals surface area contributed by atoms with Crippen molar-refractivity contribution in [2.75, 3.05) is 34.4 Å². The second kappa shape index (κ2) is 11.4. The zero-order valence-corrected chi connectivity index (χ0v) is 18.1. The molecular weight excluding hydrogens is 370 g/mol. The van der Waals surface area contributed by atoms with Gasteiger partial charge in [-0.05, 0) is 51.0 Å². The summed E-state index contributed by atoms with van der Waals surface area (Å²) in [4.78, 5) is 8.71. The van der Waals surface area contributed by atoms with E-state index in [1.807, 2.05) is 38.1 Å². The Morgan fingerprint density at radius 1 is 1.10 bits per heavy atom. The quantitative estimate of drug-likeness (QED) is 0.338. The number of methoxy groups -OCH3 is 2. The van der Waals surface area contributed by atoms with Crippen molar-refractivity contribution >= 4 is 5.96 Å². The number of unbranched alkanes of at least 4 members (excludes halogenated alkanes) is 2. The molecule has 0 aliphatic heterocycles. The van der Waals surface area contributed by atoms with Crippen molar-refractivity contribution < 1.29 is 14.0 Å². The number of rotatable bonds is 11. The maximum atomic E-state index is 5.40. The summed E-state index contributed by atoms with van der Waals surface area (Å²) in [5, 5.41) is 10.7. The van der Waals surface area contributed by atoms with E-state index >= 15 is 0 Å². The molecule has 1 aromatic heterocycles. The Labute approximate surface area is 173 Å². The molecule has 0 unspecified atom stereocenters. The van der Waals surface area contributed by atoms with Crippen molar-refractivity contribution in [1.29, 1.82) is 0 Å². The SMILES string of the molecule is CN=C(NCCCCCc1nc(-c2ccc(OC)cc2)no1)NCC(C)(C)OC. The lowest BCUT2D eigenvalue weighted by molar-refractivity contribution is 0.0268. The van der Waals surface area contributed by atoms with Gasteiger partial charge in [0.1, 0.15) is 5.75 Å². The molecule has 2 N–H and O–H groups in total. The summed E-state index contributed by atoms with van der Waals surface area (Å²) >= 11 is 0. The van der Waals surface area contributed by atoms with E-state index in [2.05, 4.69) is 25.8 Å². The largest absolute Gasteiger partial charge is 0.497 e. The van der Waals surface area contributed by atoms with Crippen LogP contribution in [-0.2, 0) is 11.2 Å². The third-order valence-corrected chi connectivity index (χ3v) is 4.63. The molecule has 0 atom stereocenters. The summed E-state index contributed by atoms with van der Waals surface area (Å²) in [6.45, 7) is 5.61. The third kappa shape index (κ3) is 7.73. The fourth-order valence-electron chi connectivity index (χ4n) is 2.59. The lowest BCUT2D eigenvalue weighted by Gasteiger charge is -2.24. The fraction of sp³-hybridized carbons (Fsp3) is 0.571. The molecule has 1 heterocycles. The number of aryl methyl sites for hydroxylation is 1. The maximum Gasteiger partial charge on any atom is 0.226 e. The van der Waals surface area contributed by atoms with E-state index in [4.69, 9.17) is 14.0 Å². The molecule has 0 amide bonds. The molecule has 0 bridgehead atoms. The van der Waals surface area contributed by atoms with E-state index in [9.17, 15) is 0 Å². The molecule has 8 nitrogen and oxygen atoms in total. The highest BCUT2D eigenvalue weighted by molar-refractivity contribution is 5.79. The molecule has 1 aromatic carbocycles. The first kappa shape index (κ1) is 22.7. The normalized spacial score (nSPS) is 12.1. The molecule has 0 aliphatic carbocycles. The average Bonchev–Trinajstić information content (AvgIpc) is 3.21. The zero-order valence-electron chi connectivity index (χ0n) is 18.1. The van der Waals surface area contributed by atoms with Crippen molar-refractivity contribution in [3.8, 4) is 17.1 Å². The lowest BCUT2D eigenvalue weighted by atomic mass is 10.1. The van der Waals surface area contributed by atoms with Gasteiger partial charge in [0.2, 0.25) is 11.7 Å². The van der Waals surface area contributed by atoms with E-state index in [-0.39, 0.29) is 5.60 Å². The number of ether oxygens (including phenoxy) is 2. The fourth-order valence-corrected chi connectivity index (χ4v) is 2.59. The van der Waals surface area contributed by atoms with Crippen LogP contribution in [0.15, 0.2) is 33.8 Å². The molecule has 0 saturated heterocycles. The number of hydrogen-bond acceptors (Lipinski definition) is 6. The van der Waals surface area contributed by atoms with Crippen molar-refractivity contribution in [2.24, 2.45) is 4.99 Å². The number of nitrogens with zero attached hydrogens (tertiary/aromatic N) is 3. The number of aliphatic imine (C=N–C) groups is 1. The molecule has 0 spiro atoms. The van der Waals surface area contributed by atoms with Crippen LogP contribution in [0.2, 0.25) is 0 Å². The number of aromatic nitrogens is 2. The number of guanidine groups is 1. The predicted molar refractivity (Wildman–Crippen MR) is 114 cm³/mol. The summed E-state index contributed by atoms with van der Waals surface area (Å²) in [6, 6.07) is 7.62. The average molecular weight is 404 g/mol. The Kier molecular flexibility index (Phi) is 8.92. The highest BCUT2D eigenvalue weighted by Crippen LogP contribution is 2.20. The van der Waals surface area contributed by atoms with Gasteiger partial charge in [-0.15, -0.1) is 0 Å². The second-order valence-electron chi connectivity index (χ2n) is 7.37. The van der Waals surface area contributed by atoms with Gasteiger partial charge >= 0.3 is 0 Å². The van der Waals surface area contributed by atoms with Crippen molar-refractivity contribution in [3.05, 3.63) is 30.2 Å². The molecule has 160 valence electrons. The van der Waals surface area contributed by atoms with E-state index < -0.39 is 0 Å². The summed E-state index contributed by atoms with van der Waals surface area (Å²) in [5.41, 5.74) is 0.687. The Balaban J connectivity index is 1.65. The highest BCUT2D eigenvalue weighted by atomic mass is 16.5. The van der Waals surface area contributed by atoms with Gasteiger partial charge in [0.15, 0.2) is 5.96 Å². The number of hydrogen-bond donors (Lipinski definition) is 2. The minimum Gasteiger partial charge on any atom is -0.497 e. The molecule has 29 heavy (non-hydrogen) atoms. The minimum atomic E-state index is -0.230. The van der Waals surface area contributed by atoms with E-state index in [0.29, 0.717) is 18.3 Å². The molecule has 8 heteroatoms. The summed E-state index contributed by atoms with van der Waals surface area (Å²) in [5.74, 6) is 2.87. The van der Waals surface area contributed by atoms with Crippen LogP contribution in [0, 0.1) is 0 Å². The predicted octanol–water partition coefficient (Wildman–Crippen LogP) is 3.05. The Morgan fingerprint density at radius 2 is 1.86 bits per heavy atom. The van der Waals surface area contributed by atoms with Gasteiger partial charge in [0.05, 0.1) is 12.7 Å². The van der Waals surface area contributed by atoms with Crippen LogP contribution < -0.4 is 15.4 Å². The van der Waals surface area contributed by atoms with Gasteiger partial charge < -0.3 is 24.6 Å². The van der Waals surface area contributed by atoms with Gasteiger partial charge in [-0.1, -0.05) is 11.6 Å². The standard InChI is InChI=1S/C21H33N5O3/c1-21(2,28-5)15-24-20(22-3)23-14-8-6-7-9-18-25-19(26-29-18)16-10-12-17(27-4)13-11-16/h10-13H,6-9,14-15H2,1-5H3,(H2,22,23,24). The Morgan fingerprint density at radius 3 is 2.52 bits per heavy atom. The second-order valence-corrected chi connectivity index (χ2v) is 7.37. The van der Waals surface area contributed by atoms with Crippen LogP contribution in [0.4, 0.5) is 0 Å². The number of benzene rings is 1. The van der Waals surface area contributed by atoms with Crippen molar-refractivity contribution in [1.82, 2.24) is 20.8 Å². The van der Waals surface area contributed by atoms with Crippen LogP contribution in [0.25, 0.3) is 11.4 Å². The molecule has 0 saturated carbocycles. The first-order valence-corrected chi connectivity index (χ1v) is 9.94. The van der Waals surface area contributed by atoms with Crippen LogP contribution in [-0.4, -0.2) is 56.1 Å². The molecule has 2 rings (SSSR count). The molecule has 0 aliphatic rings. The highest BCUT2D eigenvalue weighted by Gasteiger charge is 2.16. The van der Waals surface area contributed by atoms with Gasteiger partial charge in [-0.25, -0.2) is 0 Å². The van der Waals surface area contributed by atoms with E-state index in [1.165, 1.54) is 0 Å². The third-order valence-electron chi connectivity index (χ3n) is 4.63. The Hall–Kier alpha value is -2.61. The molecule has 2 aromatic rings. The van der Waals surface area contributed by atoms with Crippen LogP contribution in [0.5, 0.6) is 5.75 Å². The van der Waals surface area contributed by atoms with Crippen LogP contribution >= 0.6 is 0 Å². The summed E-state index contributed by atoms with van der Waals surface area (Å²) in [7, 11) is 5.12. The monoisotopic (exact) mass is 403 g/mol. The number of nitrogens with one attached hydrogen (secondary N) is 2. The Bertz CT molecular complexity index is 756. The van der Waals surface area contributed by atoms with E-state index in [0.717, 1.165) is 49.5 Å². The first-order chi connectivity index (χ1) is 14.0. The van der Waals surface area contributed by atoms with E-state index in [1.54, 1.807) is 21.3 Å². The molecular formula is C21H33N5O3. The van der Waals surface area contributed by atoms with Gasteiger partial charge in [0, 0.05) is 39.2 Å². The summed E-state index contributed by atoms with van der Waals surface area (Å²) in [6.07, 6.45) is 3.87. The van der Waals surface area contributed by atoms with Crippen LogP contribution in [0.3, 0.4) is 0 Å². The van der Waals surface area contributed by atoms with Gasteiger partial charge in [-0.3, -0.25) is 4.99 Å². The lowest BCUT2D eigenvalue weighted by Crippen LogP contribution is -2.45. The minimum absolute atomic E-state index is 0.230. The maximum absolute atomic E-state index is 5.40. The first-order valence-electron chi connectivity index (χ1n) is 9.94.